The van der Waals surface area contributed by atoms with Crippen LogP contribution in [0.25, 0.3) is 11.3 Å². The highest BCUT2D eigenvalue weighted by Crippen LogP contribution is 2.29. The van der Waals surface area contributed by atoms with Gasteiger partial charge in [-0.15, -0.1) is 0 Å². The van der Waals surface area contributed by atoms with E-state index < -0.39 is 0 Å². The summed E-state index contributed by atoms with van der Waals surface area (Å²) in [5, 5.41) is 4.79. The van der Waals surface area contributed by atoms with Gasteiger partial charge in [-0.2, -0.15) is 5.10 Å². The molecule has 0 N–H and O–H groups in total. The third-order valence-electron chi connectivity index (χ3n) is 4.64. The molecule has 4 rings (SSSR count). The lowest BCUT2D eigenvalue weighted by Crippen LogP contribution is -2.27. The summed E-state index contributed by atoms with van der Waals surface area (Å²) in [7, 11) is 2.04. The average molecular weight is 319 g/mol. The Morgan fingerprint density at radius 3 is 2.58 bits per heavy atom. The van der Waals surface area contributed by atoms with Gasteiger partial charge in [0.1, 0.15) is 12.1 Å². The van der Waals surface area contributed by atoms with E-state index in [2.05, 4.69) is 51.3 Å². The first-order valence-electron chi connectivity index (χ1n) is 8.36. The molecular weight excluding hydrogens is 298 g/mol. The average Bonchev–Trinajstić information content (AvgIpc) is 2.77. The number of rotatable bonds is 2. The van der Waals surface area contributed by atoms with E-state index in [0.717, 1.165) is 37.4 Å². The topological polar surface area (TPSA) is 46.8 Å². The second-order valence-electron chi connectivity index (χ2n) is 6.27. The van der Waals surface area contributed by atoms with E-state index in [4.69, 9.17) is 5.10 Å². The van der Waals surface area contributed by atoms with Crippen LogP contribution in [0, 0.1) is 6.92 Å². The standard InChI is InChI=1S/C19H21N5/c1-14-12-18(21-13-20-14)24-10-8-16-17(9-11-24)22-23(2)19(16)15-6-4-3-5-7-15/h3-7,12-13H,8-11H2,1-2H3. The Morgan fingerprint density at radius 2 is 1.79 bits per heavy atom. The number of benzene rings is 1. The molecule has 0 aliphatic carbocycles. The number of aryl methyl sites for hydroxylation is 2. The Kier molecular flexibility index (Phi) is 3.76. The summed E-state index contributed by atoms with van der Waals surface area (Å²) in [5.74, 6) is 1.01. The van der Waals surface area contributed by atoms with Crippen molar-refractivity contribution in [2.24, 2.45) is 7.05 Å². The first-order chi connectivity index (χ1) is 11.7. The fourth-order valence-corrected chi connectivity index (χ4v) is 3.49. The van der Waals surface area contributed by atoms with Crippen molar-refractivity contribution in [2.45, 2.75) is 19.8 Å². The van der Waals surface area contributed by atoms with E-state index in [1.807, 2.05) is 18.7 Å². The number of fused-ring (bicyclic) bond motifs is 1. The number of hydrogen-bond donors (Lipinski definition) is 0. The van der Waals surface area contributed by atoms with Gasteiger partial charge in [0, 0.05) is 49.4 Å². The third-order valence-corrected chi connectivity index (χ3v) is 4.64. The fourth-order valence-electron chi connectivity index (χ4n) is 3.49. The maximum Gasteiger partial charge on any atom is 0.132 e. The smallest absolute Gasteiger partial charge is 0.132 e. The summed E-state index contributed by atoms with van der Waals surface area (Å²) in [6, 6.07) is 12.6. The van der Waals surface area contributed by atoms with Crippen molar-refractivity contribution < 1.29 is 0 Å². The molecule has 0 fully saturated rings. The quantitative estimate of drug-likeness (QED) is 0.729. The summed E-state index contributed by atoms with van der Waals surface area (Å²) in [4.78, 5) is 11.0. The van der Waals surface area contributed by atoms with Crippen LogP contribution in [0.4, 0.5) is 5.82 Å². The van der Waals surface area contributed by atoms with Gasteiger partial charge in [0.15, 0.2) is 0 Å². The van der Waals surface area contributed by atoms with Crippen molar-refractivity contribution in [1.29, 1.82) is 0 Å². The molecule has 1 aromatic carbocycles. The normalized spacial score (nSPS) is 14.3. The van der Waals surface area contributed by atoms with Crippen LogP contribution in [0.3, 0.4) is 0 Å². The van der Waals surface area contributed by atoms with Crippen molar-refractivity contribution >= 4 is 5.82 Å². The molecule has 0 radical (unpaired) electrons. The first kappa shape index (κ1) is 14.9. The summed E-state index contributed by atoms with van der Waals surface area (Å²) in [6.45, 7) is 3.90. The van der Waals surface area contributed by atoms with Crippen molar-refractivity contribution in [3.05, 3.63) is 59.7 Å². The van der Waals surface area contributed by atoms with Gasteiger partial charge in [-0.3, -0.25) is 4.68 Å². The van der Waals surface area contributed by atoms with Crippen molar-refractivity contribution in [3.63, 3.8) is 0 Å². The Labute approximate surface area is 142 Å². The lowest BCUT2D eigenvalue weighted by molar-refractivity contribution is 0.724. The third kappa shape index (κ3) is 2.66. The van der Waals surface area contributed by atoms with Crippen LogP contribution in [0.15, 0.2) is 42.7 Å². The van der Waals surface area contributed by atoms with Gasteiger partial charge >= 0.3 is 0 Å². The predicted octanol–water partition coefficient (Wildman–Crippen LogP) is 2.79. The van der Waals surface area contributed by atoms with E-state index in [0.29, 0.717) is 0 Å². The summed E-state index contributed by atoms with van der Waals surface area (Å²) in [5.41, 5.74) is 6.07. The molecule has 1 aliphatic heterocycles. The fraction of sp³-hybridized carbons (Fsp3) is 0.316. The van der Waals surface area contributed by atoms with Gasteiger partial charge in [0.05, 0.1) is 11.4 Å². The van der Waals surface area contributed by atoms with Crippen LogP contribution in [-0.2, 0) is 19.9 Å². The Hall–Kier alpha value is -2.69. The number of nitrogens with zero attached hydrogens (tertiary/aromatic N) is 5. The van der Waals surface area contributed by atoms with E-state index in [1.165, 1.54) is 22.5 Å². The second-order valence-corrected chi connectivity index (χ2v) is 6.27. The lowest BCUT2D eigenvalue weighted by atomic mass is 10.0. The number of hydrogen-bond acceptors (Lipinski definition) is 4. The molecule has 5 heteroatoms. The van der Waals surface area contributed by atoms with Crippen LogP contribution < -0.4 is 4.90 Å². The number of aromatic nitrogens is 4. The molecule has 0 saturated carbocycles. The SMILES string of the molecule is Cc1cc(N2CCc3nn(C)c(-c4ccccc4)c3CC2)ncn1. The van der Waals surface area contributed by atoms with Gasteiger partial charge in [-0.05, 0) is 13.3 Å². The maximum atomic E-state index is 4.79. The van der Waals surface area contributed by atoms with Gasteiger partial charge < -0.3 is 4.90 Å². The first-order valence-corrected chi connectivity index (χ1v) is 8.36. The predicted molar refractivity (Wildman–Crippen MR) is 95.0 cm³/mol. The van der Waals surface area contributed by atoms with Gasteiger partial charge in [-0.1, -0.05) is 30.3 Å². The van der Waals surface area contributed by atoms with Crippen LogP contribution in [0.1, 0.15) is 17.0 Å². The molecule has 0 saturated heterocycles. The molecule has 0 unspecified atom stereocenters. The molecule has 3 heterocycles. The van der Waals surface area contributed by atoms with Crippen molar-refractivity contribution in [2.75, 3.05) is 18.0 Å². The highest BCUT2D eigenvalue weighted by molar-refractivity contribution is 5.65. The molecule has 1 aliphatic rings. The lowest BCUT2D eigenvalue weighted by Gasteiger charge is -2.21. The van der Waals surface area contributed by atoms with Crippen LogP contribution in [0.2, 0.25) is 0 Å². The molecule has 5 nitrogen and oxygen atoms in total. The molecule has 0 amide bonds. The van der Waals surface area contributed by atoms with Gasteiger partial charge in [-0.25, -0.2) is 9.97 Å². The van der Waals surface area contributed by atoms with E-state index in [-0.39, 0.29) is 0 Å². The summed E-state index contributed by atoms with van der Waals surface area (Å²) >= 11 is 0. The second kappa shape index (κ2) is 6.07. The zero-order valence-electron chi connectivity index (χ0n) is 14.1. The molecule has 24 heavy (non-hydrogen) atoms. The largest absolute Gasteiger partial charge is 0.356 e. The highest BCUT2D eigenvalue weighted by atomic mass is 15.3. The molecule has 3 aromatic rings. The maximum absolute atomic E-state index is 4.79. The van der Waals surface area contributed by atoms with Crippen molar-refractivity contribution in [1.82, 2.24) is 19.7 Å². The Bertz CT molecular complexity index is 853. The highest BCUT2D eigenvalue weighted by Gasteiger charge is 2.22. The zero-order chi connectivity index (χ0) is 16.5. The molecule has 2 aromatic heterocycles. The van der Waals surface area contributed by atoms with Crippen LogP contribution in [-0.4, -0.2) is 32.8 Å². The van der Waals surface area contributed by atoms with E-state index >= 15 is 0 Å². The Balaban J connectivity index is 1.66. The van der Waals surface area contributed by atoms with E-state index in [9.17, 15) is 0 Å². The molecule has 0 bridgehead atoms. The van der Waals surface area contributed by atoms with Gasteiger partial charge in [0.25, 0.3) is 0 Å². The molecule has 122 valence electrons. The minimum atomic E-state index is 0.939. The van der Waals surface area contributed by atoms with Crippen LogP contribution in [0.5, 0.6) is 0 Å². The van der Waals surface area contributed by atoms with Crippen LogP contribution >= 0.6 is 0 Å². The van der Waals surface area contributed by atoms with E-state index in [1.54, 1.807) is 6.33 Å². The summed E-state index contributed by atoms with van der Waals surface area (Å²) < 4.78 is 2.03. The minimum Gasteiger partial charge on any atom is -0.356 e. The zero-order valence-corrected chi connectivity index (χ0v) is 14.1. The molecular formula is C19H21N5. The summed E-state index contributed by atoms with van der Waals surface area (Å²) in [6.07, 6.45) is 3.58. The minimum absolute atomic E-state index is 0.939. The molecule has 0 atom stereocenters. The molecule has 0 spiro atoms. The van der Waals surface area contributed by atoms with Gasteiger partial charge in [0.2, 0.25) is 0 Å². The van der Waals surface area contributed by atoms with Crippen molar-refractivity contribution in [3.8, 4) is 11.3 Å². The monoisotopic (exact) mass is 319 g/mol. The Morgan fingerprint density at radius 1 is 1.00 bits per heavy atom. The number of anilines is 1.